The van der Waals surface area contributed by atoms with E-state index >= 15 is 0 Å². The van der Waals surface area contributed by atoms with Crippen LogP contribution in [0.15, 0.2) is 18.2 Å². The Hall–Kier alpha value is -1.31. The van der Waals surface area contributed by atoms with Gasteiger partial charge in [-0.1, -0.05) is 32.0 Å². The summed E-state index contributed by atoms with van der Waals surface area (Å²) in [6.45, 7) is 8.08. The van der Waals surface area contributed by atoms with Gasteiger partial charge in [-0.3, -0.25) is 4.79 Å². The van der Waals surface area contributed by atoms with Crippen molar-refractivity contribution in [3.63, 3.8) is 0 Å². The lowest BCUT2D eigenvalue weighted by Crippen LogP contribution is -2.26. The molecule has 0 spiro atoms. The van der Waals surface area contributed by atoms with Crippen molar-refractivity contribution >= 4 is 5.91 Å². The van der Waals surface area contributed by atoms with Crippen LogP contribution in [0.3, 0.4) is 0 Å². The molecule has 16 heavy (non-hydrogen) atoms. The minimum absolute atomic E-state index is 0.216. The fourth-order valence-electron chi connectivity index (χ4n) is 2.20. The summed E-state index contributed by atoms with van der Waals surface area (Å²) in [6.07, 6.45) is 1.08. The van der Waals surface area contributed by atoms with Gasteiger partial charge < -0.3 is 4.90 Å². The summed E-state index contributed by atoms with van der Waals surface area (Å²) in [5.74, 6) is 0.867. The molecule has 1 aliphatic rings. The Kier molecular flexibility index (Phi) is 2.99. The summed E-state index contributed by atoms with van der Waals surface area (Å²) < 4.78 is 0. The first-order valence-corrected chi connectivity index (χ1v) is 5.97. The largest absolute Gasteiger partial charge is 0.334 e. The molecule has 2 rings (SSSR count). The average Bonchev–Trinajstić information content (AvgIpc) is 2.54. The first kappa shape index (κ1) is 11.2. The van der Waals surface area contributed by atoms with Gasteiger partial charge in [0.15, 0.2) is 0 Å². The number of hydrogen-bond acceptors (Lipinski definition) is 1. The lowest BCUT2D eigenvalue weighted by atomic mass is 10.0. The van der Waals surface area contributed by atoms with Crippen LogP contribution in [0.25, 0.3) is 0 Å². The first-order valence-electron chi connectivity index (χ1n) is 5.97. The molecule has 0 bridgehead atoms. The van der Waals surface area contributed by atoms with E-state index in [0.717, 1.165) is 30.6 Å². The van der Waals surface area contributed by atoms with Crippen LogP contribution < -0.4 is 0 Å². The van der Waals surface area contributed by atoms with Crippen molar-refractivity contribution in [2.45, 2.75) is 33.7 Å². The number of amides is 1. The van der Waals surface area contributed by atoms with E-state index in [0.29, 0.717) is 5.92 Å². The second-order valence-corrected chi connectivity index (χ2v) is 5.02. The molecule has 1 aromatic carbocycles. The van der Waals surface area contributed by atoms with Crippen LogP contribution >= 0.6 is 0 Å². The second-order valence-electron chi connectivity index (χ2n) is 5.02. The summed E-state index contributed by atoms with van der Waals surface area (Å²) in [5, 5.41) is 0. The van der Waals surface area contributed by atoms with Crippen LogP contribution in [-0.4, -0.2) is 17.4 Å². The van der Waals surface area contributed by atoms with Gasteiger partial charge in [-0.25, -0.2) is 0 Å². The van der Waals surface area contributed by atoms with Crippen molar-refractivity contribution in [1.29, 1.82) is 0 Å². The lowest BCUT2D eigenvalue weighted by molar-refractivity contribution is 0.0771. The Morgan fingerprint density at radius 1 is 1.38 bits per heavy atom. The number of fused-ring (bicyclic) bond motifs is 1. The van der Waals surface area contributed by atoms with Crippen molar-refractivity contribution in [2.24, 2.45) is 5.92 Å². The summed E-state index contributed by atoms with van der Waals surface area (Å²) in [7, 11) is 0. The molecule has 86 valence electrons. The molecule has 0 fully saturated rings. The van der Waals surface area contributed by atoms with Crippen LogP contribution in [0.2, 0.25) is 0 Å². The number of hydrogen-bond donors (Lipinski definition) is 0. The van der Waals surface area contributed by atoms with Crippen molar-refractivity contribution in [3.05, 3.63) is 34.9 Å². The predicted molar refractivity (Wildman–Crippen MR) is 65.4 cm³/mol. The van der Waals surface area contributed by atoms with Crippen LogP contribution in [0.4, 0.5) is 0 Å². The topological polar surface area (TPSA) is 20.3 Å². The van der Waals surface area contributed by atoms with E-state index in [2.05, 4.69) is 19.9 Å². The van der Waals surface area contributed by atoms with E-state index in [-0.39, 0.29) is 5.91 Å². The number of benzene rings is 1. The molecule has 2 heteroatoms. The van der Waals surface area contributed by atoms with E-state index in [9.17, 15) is 4.79 Å². The maximum atomic E-state index is 12.2. The van der Waals surface area contributed by atoms with Crippen molar-refractivity contribution < 1.29 is 4.79 Å². The highest BCUT2D eigenvalue weighted by atomic mass is 16.2. The standard InChI is InChI=1S/C14H19NO/c1-10(2)7-8-15-9-12-6-4-5-11(3)13(12)14(15)16/h4-6,10H,7-9H2,1-3H3. The van der Waals surface area contributed by atoms with E-state index < -0.39 is 0 Å². The summed E-state index contributed by atoms with van der Waals surface area (Å²) in [6, 6.07) is 6.12. The molecular weight excluding hydrogens is 198 g/mol. The second kappa shape index (κ2) is 4.28. The van der Waals surface area contributed by atoms with Crippen LogP contribution in [-0.2, 0) is 6.54 Å². The van der Waals surface area contributed by atoms with Gasteiger partial charge in [0.2, 0.25) is 0 Å². The Labute approximate surface area is 97.3 Å². The van der Waals surface area contributed by atoms with Gasteiger partial charge >= 0.3 is 0 Å². The third-order valence-electron chi connectivity index (χ3n) is 3.20. The SMILES string of the molecule is Cc1cccc2c1C(=O)N(CCC(C)C)C2. The number of rotatable bonds is 3. The number of carbonyl (C=O) groups is 1. The molecule has 1 aliphatic heterocycles. The zero-order valence-electron chi connectivity index (χ0n) is 10.3. The lowest BCUT2D eigenvalue weighted by Gasteiger charge is -2.16. The zero-order chi connectivity index (χ0) is 11.7. The van der Waals surface area contributed by atoms with E-state index in [1.807, 2.05) is 24.0 Å². The van der Waals surface area contributed by atoms with Gasteiger partial charge in [0, 0.05) is 18.7 Å². The minimum atomic E-state index is 0.216. The number of aryl methyl sites for hydroxylation is 1. The smallest absolute Gasteiger partial charge is 0.254 e. The van der Waals surface area contributed by atoms with Gasteiger partial charge in [-0.05, 0) is 30.4 Å². The van der Waals surface area contributed by atoms with Gasteiger partial charge in [0.1, 0.15) is 0 Å². The van der Waals surface area contributed by atoms with Gasteiger partial charge in [-0.2, -0.15) is 0 Å². The van der Waals surface area contributed by atoms with Crippen molar-refractivity contribution in [2.75, 3.05) is 6.54 Å². The Morgan fingerprint density at radius 2 is 2.12 bits per heavy atom. The molecular formula is C14H19NO. The summed E-state index contributed by atoms with van der Waals surface area (Å²) >= 11 is 0. The molecule has 0 aliphatic carbocycles. The van der Waals surface area contributed by atoms with E-state index in [4.69, 9.17) is 0 Å². The fourth-order valence-corrected chi connectivity index (χ4v) is 2.20. The van der Waals surface area contributed by atoms with Gasteiger partial charge in [0.25, 0.3) is 5.91 Å². The molecule has 0 radical (unpaired) electrons. The number of nitrogens with zero attached hydrogens (tertiary/aromatic N) is 1. The molecule has 2 nitrogen and oxygen atoms in total. The van der Waals surface area contributed by atoms with Gasteiger partial charge in [-0.15, -0.1) is 0 Å². The molecule has 0 atom stereocenters. The predicted octanol–water partition coefficient (Wildman–Crippen LogP) is 3.00. The Balaban J connectivity index is 2.15. The minimum Gasteiger partial charge on any atom is -0.334 e. The number of carbonyl (C=O) groups excluding carboxylic acids is 1. The highest BCUT2D eigenvalue weighted by Crippen LogP contribution is 2.25. The quantitative estimate of drug-likeness (QED) is 0.762. The molecule has 0 aromatic heterocycles. The van der Waals surface area contributed by atoms with E-state index in [1.54, 1.807) is 0 Å². The molecule has 0 N–H and O–H groups in total. The summed E-state index contributed by atoms with van der Waals surface area (Å²) in [5.41, 5.74) is 3.23. The third kappa shape index (κ3) is 1.97. The monoisotopic (exact) mass is 217 g/mol. The normalized spacial score (nSPS) is 14.8. The van der Waals surface area contributed by atoms with E-state index in [1.165, 1.54) is 5.56 Å². The maximum Gasteiger partial charge on any atom is 0.254 e. The molecule has 1 amide bonds. The van der Waals surface area contributed by atoms with Crippen LogP contribution in [0.1, 0.15) is 41.8 Å². The molecule has 1 heterocycles. The zero-order valence-corrected chi connectivity index (χ0v) is 10.3. The molecule has 1 aromatic rings. The molecule has 0 saturated carbocycles. The molecule has 0 unspecified atom stereocenters. The van der Waals surface area contributed by atoms with Crippen molar-refractivity contribution in [1.82, 2.24) is 4.90 Å². The summed E-state index contributed by atoms with van der Waals surface area (Å²) in [4.78, 5) is 14.1. The Bertz CT molecular complexity index is 409. The fraction of sp³-hybridized carbons (Fsp3) is 0.500. The van der Waals surface area contributed by atoms with Crippen LogP contribution in [0, 0.1) is 12.8 Å². The Morgan fingerprint density at radius 3 is 2.75 bits per heavy atom. The third-order valence-corrected chi connectivity index (χ3v) is 3.20. The average molecular weight is 217 g/mol. The highest BCUT2D eigenvalue weighted by Gasteiger charge is 2.27. The van der Waals surface area contributed by atoms with Crippen molar-refractivity contribution in [3.8, 4) is 0 Å². The maximum absolute atomic E-state index is 12.2. The van der Waals surface area contributed by atoms with Gasteiger partial charge in [0.05, 0.1) is 0 Å². The highest BCUT2D eigenvalue weighted by molar-refractivity contribution is 5.99. The molecule has 0 saturated heterocycles. The van der Waals surface area contributed by atoms with Crippen LogP contribution in [0.5, 0.6) is 0 Å². The first-order chi connectivity index (χ1) is 7.59.